The van der Waals surface area contributed by atoms with Crippen molar-refractivity contribution in [3.8, 4) is 17.6 Å². The number of phenolic OH excluding ortho intramolecular Hbond substituents is 1. The van der Waals surface area contributed by atoms with Crippen LogP contribution in [0.2, 0.25) is 5.02 Å². The van der Waals surface area contributed by atoms with Gasteiger partial charge in [0.1, 0.15) is 5.75 Å². The van der Waals surface area contributed by atoms with Crippen LogP contribution in [-0.4, -0.2) is 26.1 Å². The van der Waals surface area contributed by atoms with Crippen molar-refractivity contribution >= 4 is 33.1 Å². The fraction of sp³-hybridized carbons (Fsp3) is 0. The molecule has 1 aromatic heterocycles. The third kappa shape index (κ3) is 4.92. The molecule has 0 spiro atoms. The van der Waals surface area contributed by atoms with E-state index in [1.807, 2.05) is 0 Å². The predicted octanol–water partition coefficient (Wildman–Crippen LogP) is 3.26. The van der Waals surface area contributed by atoms with Crippen LogP contribution in [0.25, 0.3) is 0 Å². The van der Waals surface area contributed by atoms with E-state index in [2.05, 4.69) is 27.4 Å². The second-order valence-electron chi connectivity index (χ2n) is 5.82. The maximum Gasteiger partial charge on any atom is 0.264 e. The standard InChI is InChI=1S/C21H15ClN2O3S/c1-28(27,20-9-7-18(22)8-10-20)24-21(26)17-11-16(13-23-14-17)6-5-15-3-2-4-19(25)12-15/h2-4,7-14,25H,1H2,(H,24,26,27). The van der Waals surface area contributed by atoms with E-state index in [1.54, 1.807) is 42.5 Å². The lowest BCUT2D eigenvalue weighted by Crippen LogP contribution is -2.30. The molecule has 0 radical (unpaired) electrons. The second-order valence-corrected chi connectivity index (χ2v) is 8.29. The number of benzene rings is 2. The van der Waals surface area contributed by atoms with Gasteiger partial charge in [-0.1, -0.05) is 29.5 Å². The molecule has 2 N–H and O–H groups in total. The number of carbonyl (C=O) groups is 1. The molecule has 140 valence electrons. The summed E-state index contributed by atoms with van der Waals surface area (Å²) < 4.78 is 15.2. The Kier molecular flexibility index (Phi) is 5.69. The molecule has 1 amide bonds. The molecule has 7 heteroatoms. The first-order valence-corrected chi connectivity index (χ1v) is 10.1. The van der Waals surface area contributed by atoms with Crippen molar-refractivity contribution in [2.24, 2.45) is 0 Å². The van der Waals surface area contributed by atoms with Crippen molar-refractivity contribution in [3.05, 3.63) is 88.7 Å². The van der Waals surface area contributed by atoms with Crippen molar-refractivity contribution in [2.75, 3.05) is 0 Å². The minimum absolute atomic E-state index is 0.116. The number of aromatic hydroxyl groups is 1. The zero-order valence-corrected chi connectivity index (χ0v) is 16.1. The summed E-state index contributed by atoms with van der Waals surface area (Å²) in [5, 5.41) is 9.96. The third-order valence-electron chi connectivity index (χ3n) is 3.65. The summed E-state index contributed by atoms with van der Waals surface area (Å²) in [5.74, 6) is 8.92. The average Bonchev–Trinajstić information content (AvgIpc) is 2.67. The number of pyridine rings is 1. The zero-order valence-electron chi connectivity index (χ0n) is 14.6. The Morgan fingerprint density at radius 2 is 1.79 bits per heavy atom. The Morgan fingerprint density at radius 3 is 2.50 bits per heavy atom. The van der Waals surface area contributed by atoms with Gasteiger partial charge < -0.3 is 5.11 Å². The van der Waals surface area contributed by atoms with Crippen LogP contribution in [0.15, 0.2) is 71.9 Å². The first-order chi connectivity index (χ1) is 13.3. The van der Waals surface area contributed by atoms with Crippen LogP contribution in [0.5, 0.6) is 5.75 Å². The number of halogens is 1. The highest BCUT2D eigenvalue weighted by atomic mass is 35.5. The zero-order chi connectivity index (χ0) is 20.1. The fourth-order valence-corrected chi connectivity index (χ4v) is 3.52. The van der Waals surface area contributed by atoms with E-state index in [4.69, 9.17) is 11.6 Å². The largest absolute Gasteiger partial charge is 0.508 e. The van der Waals surface area contributed by atoms with Gasteiger partial charge in [0.05, 0.1) is 15.3 Å². The van der Waals surface area contributed by atoms with E-state index >= 15 is 0 Å². The molecule has 0 fully saturated rings. The summed E-state index contributed by atoms with van der Waals surface area (Å²) in [7, 11) is -3.05. The molecule has 0 saturated carbocycles. The number of nitrogens with zero attached hydrogens (tertiary/aromatic N) is 1. The van der Waals surface area contributed by atoms with Crippen molar-refractivity contribution in [1.82, 2.24) is 9.71 Å². The molecule has 3 rings (SSSR count). The number of nitrogens with one attached hydrogen (secondary N) is 1. The summed E-state index contributed by atoms with van der Waals surface area (Å²) in [6.45, 7) is 0. The molecule has 2 aromatic carbocycles. The smallest absolute Gasteiger partial charge is 0.264 e. The SMILES string of the molecule is C=S(=O)(NC(=O)c1cncc(C#Cc2cccc(O)c2)c1)c1ccc(Cl)cc1. The van der Waals surface area contributed by atoms with Gasteiger partial charge in [0, 0.05) is 33.4 Å². The quantitative estimate of drug-likeness (QED) is 0.513. The molecular weight excluding hydrogens is 396 g/mol. The van der Waals surface area contributed by atoms with E-state index in [9.17, 15) is 14.1 Å². The predicted molar refractivity (Wildman–Crippen MR) is 111 cm³/mol. The lowest BCUT2D eigenvalue weighted by Gasteiger charge is -2.11. The van der Waals surface area contributed by atoms with Gasteiger partial charge in [-0.15, -0.1) is 0 Å². The Balaban J connectivity index is 1.80. The number of rotatable bonds is 3. The van der Waals surface area contributed by atoms with E-state index in [1.165, 1.54) is 24.5 Å². The van der Waals surface area contributed by atoms with Crippen molar-refractivity contribution in [3.63, 3.8) is 0 Å². The fourth-order valence-electron chi connectivity index (χ4n) is 2.28. The molecule has 1 unspecified atom stereocenters. The molecule has 5 nitrogen and oxygen atoms in total. The molecule has 0 bridgehead atoms. The van der Waals surface area contributed by atoms with Gasteiger partial charge in [-0.2, -0.15) is 0 Å². The minimum atomic E-state index is -3.05. The van der Waals surface area contributed by atoms with Crippen LogP contribution >= 0.6 is 11.6 Å². The van der Waals surface area contributed by atoms with Crippen molar-refractivity contribution in [1.29, 1.82) is 0 Å². The number of hydrogen-bond donors (Lipinski definition) is 2. The molecule has 1 atom stereocenters. The summed E-state index contributed by atoms with van der Waals surface area (Å²) in [6, 6.07) is 14.3. The Bertz CT molecular complexity index is 1190. The van der Waals surface area contributed by atoms with Gasteiger partial charge >= 0.3 is 0 Å². The Hall–Kier alpha value is -3.27. The van der Waals surface area contributed by atoms with Crippen LogP contribution in [0, 0.1) is 11.8 Å². The van der Waals surface area contributed by atoms with E-state index < -0.39 is 15.6 Å². The van der Waals surface area contributed by atoms with Gasteiger partial charge in [-0.25, -0.2) is 4.21 Å². The molecular formula is C21H15ClN2O3S. The van der Waals surface area contributed by atoms with Gasteiger partial charge in [-0.05, 0) is 54.4 Å². The second kappa shape index (κ2) is 8.17. The molecule has 0 aliphatic heterocycles. The minimum Gasteiger partial charge on any atom is -0.508 e. The van der Waals surface area contributed by atoms with Gasteiger partial charge in [0.15, 0.2) is 0 Å². The number of amides is 1. The van der Waals surface area contributed by atoms with Crippen molar-refractivity contribution < 1.29 is 14.1 Å². The number of hydrogen-bond acceptors (Lipinski definition) is 4. The maximum absolute atomic E-state index is 12.8. The van der Waals surface area contributed by atoms with Gasteiger partial charge in [0.2, 0.25) is 0 Å². The Labute approximate surface area is 168 Å². The normalized spacial score (nSPS) is 12.3. The molecule has 0 aliphatic carbocycles. The number of phenols is 1. The first kappa shape index (κ1) is 19.5. The molecule has 1 heterocycles. The van der Waals surface area contributed by atoms with Crippen LogP contribution in [-0.2, 0) is 9.71 Å². The van der Waals surface area contributed by atoms with E-state index in [0.717, 1.165) is 0 Å². The lowest BCUT2D eigenvalue weighted by molar-refractivity contribution is 0.0982. The average molecular weight is 411 g/mol. The van der Waals surface area contributed by atoms with Crippen molar-refractivity contribution in [2.45, 2.75) is 4.90 Å². The molecule has 0 saturated heterocycles. The summed E-state index contributed by atoms with van der Waals surface area (Å²) in [4.78, 5) is 16.9. The summed E-state index contributed by atoms with van der Waals surface area (Å²) in [5.41, 5.74) is 1.32. The van der Waals surface area contributed by atoms with Crippen LogP contribution in [0.4, 0.5) is 0 Å². The molecule has 0 aliphatic rings. The van der Waals surface area contributed by atoms with Gasteiger partial charge in [-0.3, -0.25) is 14.5 Å². The maximum atomic E-state index is 12.8. The highest BCUT2D eigenvalue weighted by molar-refractivity contribution is 7.99. The number of aromatic nitrogens is 1. The van der Waals surface area contributed by atoms with Crippen LogP contribution in [0.3, 0.4) is 0 Å². The van der Waals surface area contributed by atoms with E-state index in [-0.39, 0.29) is 11.3 Å². The summed E-state index contributed by atoms with van der Waals surface area (Å²) in [6.07, 6.45) is 2.86. The third-order valence-corrected chi connectivity index (χ3v) is 5.45. The van der Waals surface area contributed by atoms with E-state index in [0.29, 0.717) is 21.0 Å². The highest BCUT2D eigenvalue weighted by Gasteiger charge is 2.14. The van der Waals surface area contributed by atoms with Crippen LogP contribution < -0.4 is 4.72 Å². The van der Waals surface area contributed by atoms with Gasteiger partial charge in [0.25, 0.3) is 5.91 Å². The topological polar surface area (TPSA) is 79.3 Å². The monoisotopic (exact) mass is 410 g/mol. The number of carbonyl (C=O) groups excluding carboxylic acids is 1. The Morgan fingerprint density at radius 1 is 1.07 bits per heavy atom. The molecule has 3 aromatic rings. The first-order valence-electron chi connectivity index (χ1n) is 8.04. The lowest BCUT2D eigenvalue weighted by atomic mass is 10.1. The van der Waals surface area contributed by atoms with Crippen LogP contribution in [0.1, 0.15) is 21.5 Å². The molecule has 28 heavy (non-hydrogen) atoms. The summed E-state index contributed by atoms with van der Waals surface area (Å²) >= 11 is 5.83. The highest BCUT2D eigenvalue weighted by Crippen LogP contribution is 2.15.